The Bertz CT molecular complexity index is 1550. The number of alkyl carbamates (subject to hydrolysis) is 1. The highest BCUT2D eigenvalue weighted by molar-refractivity contribution is 9.10. The summed E-state index contributed by atoms with van der Waals surface area (Å²) in [5.74, 6) is -0.182. The highest BCUT2D eigenvalue weighted by Crippen LogP contribution is 2.30. The Morgan fingerprint density at radius 3 is 2.26 bits per heavy atom. The summed E-state index contributed by atoms with van der Waals surface area (Å²) in [5.41, 5.74) is 10.1. The number of morpholine rings is 1. The molecule has 0 bridgehead atoms. The van der Waals surface area contributed by atoms with Crippen LogP contribution >= 0.6 is 15.9 Å². The van der Waals surface area contributed by atoms with Gasteiger partial charge in [-0.15, -0.1) is 0 Å². The molecule has 5 rings (SSSR count). The molecule has 0 spiro atoms. The Morgan fingerprint density at radius 2 is 1.59 bits per heavy atom. The van der Waals surface area contributed by atoms with Gasteiger partial charge in [0.05, 0.1) is 18.9 Å². The Labute approximate surface area is 277 Å². The van der Waals surface area contributed by atoms with Crippen molar-refractivity contribution in [3.05, 3.63) is 124 Å². The van der Waals surface area contributed by atoms with Gasteiger partial charge in [-0.25, -0.2) is 4.79 Å². The third kappa shape index (κ3) is 8.87. The van der Waals surface area contributed by atoms with Crippen LogP contribution in [0.2, 0.25) is 0 Å². The number of carbonyl (C=O) groups excluding carboxylic acids is 2. The third-order valence-corrected chi connectivity index (χ3v) is 8.42. The first-order chi connectivity index (χ1) is 22.4. The molecular formula is C36H39BrN4O5. The van der Waals surface area contributed by atoms with Crippen LogP contribution in [0.5, 0.6) is 5.75 Å². The van der Waals surface area contributed by atoms with Gasteiger partial charge in [0, 0.05) is 29.2 Å². The molecule has 10 heteroatoms. The Morgan fingerprint density at radius 1 is 0.935 bits per heavy atom. The van der Waals surface area contributed by atoms with Crippen molar-refractivity contribution in [3.63, 3.8) is 0 Å². The standard InChI is InChI=1S/C36H39BrN4O5/c1-44-36(43)41-34(33(25-11-4-2-5-12-25)26-13-6-3-7-14-26)35(42)40-31-15-9-8-10-24(31)16-18-28-21-39-22-29(46-28)23-45-32-19-17-27(37)20-30(32)38/h2-15,17,19-20,28-29,33-34,39H,16,18,21-23,38H2,1H3,(H,40,42)(H,41,43)/t28-,29+,34?/m1/s1. The number of ether oxygens (including phenoxy) is 3. The van der Waals surface area contributed by atoms with Crippen LogP contribution in [0.15, 0.2) is 108 Å². The average Bonchev–Trinajstić information content (AvgIpc) is 3.08. The lowest BCUT2D eigenvalue weighted by Crippen LogP contribution is -2.48. The number of nitrogens with two attached hydrogens (primary N) is 1. The first-order valence-corrected chi connectivity index (χ1v) is 16.1. The molecule has 240 valence electrons. The van der Waals surface area contributed by atoms with Crippen molar-refractivity contribution >= 4 is 39.3 Å². The van der Waals surface area contributed by atoms with E-state index in [1.807, 2.05) is 103 Å². The number of para-hydroxylation sites is 1. The molecule has 0 saturated carbocycles. The molecule has 4 aromatic rings. The van der Waals surface area contributed by atoms with Crippen LogP contribution in [0.4, 0.5) is 16.2 Å². The Balaban J connectivity index is 1.27. The maximum absolute atomic E-state index is 14.0. The molecule has 1 aliphatic rings. The van der Waals surface area contributed by atoms with Crippen LogP contribution in [0, 0.1) is 0 Å². The van der Waals surface area contributed by atoms with Gasteiger partial charge < -0.3 is 35.9 Å². The second kappa shape index (κ2) is 16.3. The summed E-state index contributed by atoms with van der Waals surface area (Å²) in [6.07, 6.45) is 0.550. The van der Waals surface area contributed by atoms with Gasteiger partial charge in [0.1, 0.15) is 24.5 Å². The first-order valence-electron chi connectivity index (χ1n) is 15.3. The van der Waals surface area contributed by atoms with E-state index >= 15 is 0 Å². The molecule has 4 aromatic carbocycles. The van der Waals surface area contributed by atoms with Crippen molar-refractivity contribution in [2.24, 2.45) is 0 Å². The third-order valence-electron chi connectivity index (χ3n) is 7.93. The predicted molar refractivity (Wildman–Crippen MR) is 183 cm³/mol. The van der Waals surface area contributed by atoms with E-state index in [9.17, 15) is 9.59 Å². The number of nitrogens with one attached hydrogen (secondary N) is 3. The Kier molecular flexibility index (Phi) is 11.7. The fourth-order valence-corrected chi connectivity index (χ4v) is 6.03. The summed E-state index contributed by atoms with van der Waals surface area (Å²) in [6.45, 7) is 1.77. The smallest absolute Gasteiger partial charge is 0.407 e. The molecule has 9 nitrogen and oxygen atoms in total. The fraction of sp³-hybridized carbons (Fsp3) is 0.278. The van der Waals surface area contributed by atoms with Crippen molar-refractivity contribution in [2.75, 3.05) is 37.9 Å². The number of methoxy groups -OCH3 is 1. The van der Waals surface area contributed by atoms with Crippen LogP contribution in [-0.2, 0) is 20.7 Å². The zero-order valence-corrected chi connectivity index (χ0v) is 27.2. The maximum Gasteiger partial charge on any atom is 0.407 e. The molecule has 1 saturated heterocycles. The molecule has 3 atom stereocenters. The molecule has 1 unspecified atom stereocenters. The minimum atomic E-state index is -0.947. The van der Waals surface area contributed by atoms with Crippen LogP contribution in [-0.4, -0.2) is 57.1 Å². The molecule has 46 heavy (non-hydrogen) atoms. The highest BCUT2D eigenvalue weighted by atomic mass is 79.9. The topological polar surface area (TPSA) is 124 Å². The van der Waals surface area contributed by atoms with Gasteiger partial charge in [-0.05, 0) is 53.8 Å². The lowest BCUT2D eigenvalue weighted by Gasteiger charge is -2.31. The van der Waals surface area contributed by atoms with Crippen molar-refractivity contribution in [1.82, 2.24) is 10.6 Å². The largest absolute Gasteiger partial charge is 0.489 e. The molecule has 1 fully saturated rings. The number of rotatable bonds is 12. The quantitative estimate of drug-likeness (QED) is 0.137. The monoisotopic (exact) mass is 686 g/mol. The van der Waals surface area contributed by atoms with Gasteiger partial charge >= 0.3 is 6.09 Å². The van der Waals surface area contributed by atoms with E-state index in [0.717, 1.165) is 27.6 Å². The fourth-order valence-electron chi connectivity index (χ4n) is 5.65. The van der Waals surface area contributed by atoms with E-state index in [4.69, 9.17) is 19.9 Å². The summed E-state index contributed by atoms with van der Waals surface area (Å²) < 4.78 is 18.1. The van der Waals surface area contributed by atoms with E-state index in [1.54, 1.807) is 0 Å². The van der Waals surface area contributed by atoms with Crippen molar-refractivity contribution in [2.45, 2.75) is 37.0 Å². The molecular weight excluding hydrogens is 648 g/mol. The van der Waals surface area contributed by atoms with Crippen molar-refractivity contribution in [1.29, 1.82) is 0 Å². The normalized spacial score (nSPS) is 16.8. The number of hydrogen-bond donors (Lipinski definition) is 4. The number of hydrogen-bond acceptors (Lipinski definition) is 7. The molecule has 0 aliphatic carbocycles. The molecule has 1 heterocycles. The van der Waals surface area contributed by atoms with Gasteiger partial charge in [-0.1, -0.05) is 94.8 Å². The molecule has 0 radical (unpaired) electrons. The number of anilines is 2. The zero-order chi connectivity index (χ0) is 32.3. The van der Waals surface area contributed by atoms with Crippen LogP contribution in [0.25, 0.3) is 0 Å². The van der Waals surface area contributed by atoms with Gasteiger partial charge in [-0.3, -0.25) is 4.79 Å². The lowest BCUT2D eigenvalue weighted by molar-refractivity contribution is -0.118. The number of nitrogen functional groups attached to an aromatic ring is 1. The van der Waals surface area contributed by atoms with Gasteiger partial charge in [0.15, 0.2) is 0 Å². The zero-order valence-electron chi connectivity index (χ0n) is 25.7. The minimum absolute atomic E-state index is 0.0392. The Hall–Kier alpha value is -4.38. The van der Waals surface area contributed by atoms with E-state index in [-0.39, 0.29) is 18.1 Å². The molecule has 1 aliphatic heterocycles. The average molecular weight is 688 g/mol. The number of amides is 2. The van der Waals surface area contributed by atoms with E-state index in [0.29, 0.717) is 43.2 Å². The summed E-state index contributed by atoms with van der Waals surface area (Å²) in [4.78, 5) is 26.6. The molecule has 2 amide bonds. The SMILES string of the molecule is COC(=O)NC(C(=O)Nc1ccccc1CC[C@@H]1CNC[C@@H](COc2ccc(Br)cc2N)O1)C(c1ccccc1)c1ccccc1. The summed E-state index contributed by atoms with van der Waals surface area (Å²) >= 11 is 3.42. The van der Waals surface area contributed by atoms with E-state index in [1.165, 1.54) is 7.11 Å². The molecule has 0 aromatic heterocycles. The van der Waals surface area contributed by atoms with Crippen LogP contribution < -0.4 is 26.4 Å². The second-order valence-electron chi connectivity index (χ2n) is 11.1. The lowest BCUT2D eigenvalue weighted by atomic mass is 9.84. The van der Waals surface area contributed by atoms with Crippen LogP contribution in [0.3, 0.4) is 0 Å². The van der Waals surface area contributed by atoms with E-state index in [2.05, 4.69) is 31.9 Å². The van der Waals surface area contributed by atoms with Crippen LogP contribution in [0.1, 0.15) is 29.0 Å². The first kappa shape index (κ1) is 33.0. The minimum Gasteiger partial charge on any atom is -0.489 e. The number of benzene rings is 4. The van der Waals surface area contributed by atoms with Gasteiger partial charge in [0.2, 0.25) is 5.91 Å². The maximum atomic E-state index is 14.0. The van der Waals surface area contributed by atoms with Gasteiger partial charge in [-0.2, -0.15) is 0 Å². The van der Waals surface area contributed by atoms with E-state index < -0.39 is 18.1 Å². The second-order valence-corrected chi connectivity index (χ2v) is 12.0. The number of aryl methyl sites for hydroxylation is 1. The number of carbonyl (C=O) groups is 2. The summed E-state index contributed by atoms with van der Waals surface area (Å²) in [6, 6.07) is 31.6. The van der Waals surface area contributed by atoms with Gasteiger partial charge in [0.25, 0.3) is 0 Å². The van der Waals surface area contributed by atoms with Crippen molar-refractivity contribution in [3.8, 4) is 5.75 Å². The highest BCUT2D eigenvalue weighted by Gasteiger charge is 2.33. The summed E-state index contributed by atoms with van der Waals surface area (Å²) in [5, 5.41) is 9.35. The van der Waals surface area contributed by atoms with Crippen molar-refractivity contribution < 1.29 is 23.8 Å². The number of halogens is 1. The summed E-state index contributed by atoms with van der Waals surface area (Å²) in [7, 11) is 1.29. The molecule has 5 N–H and O–H groups in total. The predicted octanol–water partition coefficient (Wildman–Crippen LogP) is 5.90.